The summed E-state index contributed by atoms with van der Waals surface area (Å²) in [7, 11) is 4.32. The normalized spacial score (nSPS) is 26.3. The predicted molar refractivity (Wildman–Crippen MR) is 40.5 cm³/mol. The molecule has 1 fully saturated rings. The van der Waals surface area contributed by atoms with E-state index < -0.39 is 0 Å². The first kappa shape index (κ1) is 7.07. The van der Waals surface area contributed by atoms with Gasteiger partial charge in [0, 0.05) is 6.04 Å². The van der Waals surface area contributed by atoms with Crippen molar-refractivity contribution in [2.75, 3.05) is 14.1 Å². The van der Waals surface area contributed by atoms with Crippen LogP contribution in [0.5, 0.6) is 0 Å². The third-order valence-electron chi connectivity index (χ3n) is 2.82. The molecule has 0 aromatic carbocycles. The van der Waals surface area contributed by atoms with Gasteiger partial charge < -0.3 is 4.90 Å². The summed E-state index contributed by atoms with van der Waals surface area (Å²) < 4.78 is 0. The van der Waals surface area contributed by atoms with E-state index in [9.17, 15) is 0 Å². The molecule has 1 nitrogen and oxygen atoms in total. The van der Waals surface area contributed by atoms with Crippen molar-refractivity contribution in [1.29, 1.82) is 0 Å². The minimum Gasteiger partial charge on any atom is -0.306 e. The van der Waals surface area contributed by atoms with E-state index in [1.54, 1.807) is 0 Å². The fourth-order valence-electron chi connectivity index (χ4n) is 1.24. The van der Waals surface area contributed by atoms with Crippen LogP contribution in [0.25, 0.3) is 0 Å². The van der Waals surface area contributed by atoms with Crippen molar-refractivity contribution in [3.05, 3.63) is 0 Å². The van der Waals surface area contributed by atoms with Crippen LogP contribution in [0.1, 0.15) is 26.7 Å². The van der Waals surface area contributed by atoms with Crippen LogP contribution >= 0.6 is 0 Å². The van der Waals surface area contributed by atoms with Gasteiger partial charge >= 0.3 is 0 Å². The average molecular weight is 127 g/mol. The highest BCUT2D eigenvalue weighted by atomic mass is 15.1. The van der Waals surface area contributed by atoms with Crippen LogP contribution in [-0.2, 0) is 0 Å². The van der Waals surface area contributed by atoms with Gasteiger partial charge in [0.1, 0.15) is 0 Å². The van der Waals surface area contributed by atoms with Crippen molar-refractivity contribution in [1.82, 2.24) is 4.90 Å². The molecule has 0 N–H and O–H groups in total. The molecule has 0 saturated heterocycles. The Morgan fingerprint density at radius 3 is 1.89 bits per heavy atom. The Labute approximate surface area is 58.0 Å². The van der Waals surface area contributed by atoms with Crippen molar-refractivity contribution in [2.24, 2.45) is 5.41 Å². The van der Waals surface area contributed by atoms with Gasteiger partial charge in [0.2, 0.25) is 0 Å². The molecule has 1 saturated carbocycles. The molecule has 0 heterocycles. The van der Waals surface area contributed by atoms with Crippen molar-refractivity contribution < 1.29 is 0 Å². The molecular weight excluding hydrogens is 110 g/mol. The van der Waals surface area contributed by atoms with E-state index in [-0.39, 0.29) is 0 Å². The largest absolute Gasteiger partial charge is 0.306 e. The average Bonchev–Trinajstić information content (AvgIpc) is 2.47. The first-order chi connectivity index (χ1) is 4.06. The molecule has 1 heteroatoms. The summed E-state index contributed by atoms with van der Waals surface area (Å²) in [6.45, 7) is 4.69. The Kier molecular flexibility index (Phi) is 1.55. The molecule has 0 aromatic rings. The minimum atomic E-state index is 0.656. The lowest BCUT2D eigenvalue weighted by Crippen LogP contribution is -2.31. The molecule has 0 aromatic heterocycles. The van der Waals surface area contributed by atoms with Gasteiger partial charge in [0.05, 0.1) is 0 Å². The van der Waals surface area contributed by atoms with E-state index in [0.717, 1.165) is 6.04 Å². The van der Waals surface area contributed by atoms with Crippen molar-refractivity contribution in [3.63, 3.8) is 0 Å². The zero-order valence-electron chi connectivity index (χ0n) is 6.94. The summed E-state index contributed by atoms with van der Waals surface area (Å²) in [5, 5.41) is 0. The molecule has 54 valence electrons. The Bertz CT molecular complexity index is 103. The summed E-state index contributed by atoms with van der Waals surface area (Å²) >= 11 is 0. The lowest BCUT2D eigenvalue weighted by Gasteiger charge is -2.25. The molecule has 1 rings (SSSR count). The highest BCUT2D eigenvalue weighted by Gasteiger charge is 2.43. The molecule has 1 atom stereocenters. The monoisotopic (exact) mass is 127 g/mol. The second-order valence-electron chi connectivity index (χ2n) is 3.79. The van der Waals surface area contributed by atoms with Gasteiger partial charge in [0.25, 0.3) is 0 Å². The molecule has 0 bridgehead atoms. The SMILES string of the molecule is CC(N(C)C)C1(C)CC1. The predicted octanol–water partition coefficient (Wildman–Crippen LogP) is 1.74. The number of nitrogens with zero attached hydrogens (tertiary/aromatic N) is 1. The summed E-state index contributed by atoms with van der Waals surface area (Å²) in [4.78, 5) is 2.31. The Morgan fingerprint density at radius 2 is 1.78 bits per heavy atom. The summed E-state index contributed by atoms with van der Waals surface area (Å²) in [6.07, 6.45) is 2.85. The highest BCUT2D eigenvalue weighted by molar-refractivity contribution is 4.96. The van der Waals surface area contributed by atoms with Gasteiger partial charge in [-0.2, -0.15) is 0 Å². The Morgan fingerprint density at radius 1 is 1.33 bits per heavy atom. The quantitative estimate of drug-likeness (QED) is 0.546. The van der Waals surface area contributed by atoms with E-state index in [1.165, 1.54) is 12.8 Å². The first-order valence-electron chi connectivity index (χ1n) is 3.73. The van der Waals surface area contributed by atoms with Crippen LogP contribution in [-0.4, -0.2) is 25.0 Å². The van der Waals surface area contributed by atoms with Crippen LogP contribution in [0, 0.1) is 5.41 Å². The maximum atomic E-state index is 2.37. The molecule has 1 aliphatic rings. The molecule has 0 amide bonds. The standard InChI is InChI=1S/C8H17N/c1-7(9(3)4)8(2)5-6-8/h7H,5-6H2,1-4H3. The van der Waals surface area contributed by atoms with Gasteiger partial charge in [-0.25, -0.2) is 0 Å². The topological polar surface area (TPSA) is 3.24 Å². The van der Waals surface area contributed by atoms with Gasteiger partial charge in [-0.05, 0) is 39.3 Å². The molecule has 1 aliphatic carbocycles. The Balaban J connectivity index is 2.42. The minimum absolute atomic E-state index is 0.656. The van der Waals surface area contributed by atoms with Crippen molar-refractivity contribution in [2.45, 2.75) is 32.7 Å². The van der Waals surface area contributed by atoms with Crippen LogP contribution < -0.4 is 0 Å². The smallest absolute Gasteiger partial charge is 0.0115 e. The summed E-state index contributed by atoms with van der Waals surface area (Å²) in [6, 6.07) is 0.762. The van der Waals surface area contributed by atoms with Crippen molar-refractivity contribution >= 4 is 0 Å². The molecule has 1 unspecified atom stereocenters. The fourth-order valence-corrected chi connectivity index (χ4v) is 1.24. The molecule has 0 spiro atoms. The van der Waals surface area contributed by atoms with Gasteiger partial charge in [-0.3, -0.25) is 0 Å². The number of hydrogen-bond donors (Lipinski definition) is 0. The van der Waals surface area contributed by atoms with Crippen LogP contribution in [0.4, 0.5) is 0 Å². The lowest BCUT2D eigenvalue weighted by atomic mass is 10.0. The maximum absolute atomic E-state index is 2.37. The zero-order chi connectivity index (χ0) is 7.07. The molecule has 0 radical (unpaired) electrons. The molecule has 9 heavy (non-hydrogen) atoms. The Hall–Kier alpha value is -0.0400. The highest BCUT2D eigenvalue weighted by Crippen LogP contribution is 2.49. The second kappa shape index (κ2) is 1.98. The lowest BCUT2D eigenvalue weighted by molar-refractivity contribution is 0.223. The summed E-state index contributed by atoms with van der Waals surface area (Å²) in [5.41, 5.74) is 0.656. The van der Waals surface area contributed by atoms with Gasteiger partial charge in [-0.15, -0.1) is 0 Å². The van der Waals surface area contributed by atoms with Crippen LogP contribution in [0.2, 0.25) is 0 Å². The molecular formula is C8H17N. The fraction of sp³-hybridized carbons (Fsp3) is 1.00. The van der Waals surface area contributed by atoms with E-state index >= 15 is 0 Å². The van der Waals surface area contributed by atoms with E-state index in [0.29, 0.717) is 5.41 Å². The maximum Gasteiger partial charge on any atom is 0.0115 e. The number of rotatable bonds is 2. The number of hydrogen-bond acceptors (Lipinski definition) is 1. The third kappa shape index (κ3) is 1.26. The van der Waals surface area contributed by atoms with E-state index in [4.69, 9.17) is 0 Å². The zero-order valence-corrected chi connectivity index (χ0v) is 6.94. The van der Waals surface area contributed by atoms with Gasteiger partial charge in [-0.1, -0.05) is 6.92 Å². The van der Waals surface area contributed by atoms with E-state index in [2.05, 4.69) is 32.8 Å². The van der Waals surface area contributed by atoms with E-state index in [1.807, 2.05) is 0 Å². The second-order valence-corrected chi connectivity index (χ2v) is 3.79. The molecule has 0 aliphatic heterocycles. The van der Waals surface area contributed by atoms with Crippen molar-refractivity contribution in [3.8, 4) is 0 Å². The van der Waals surface area contributed by atoms with Crippen LogP contribution in [0.3, 0.4) is 0 Å². The first-order valence-corrected chi connectivity index (χ1v) is 3.73. The van der Waals surface area contributed by atoms with Crippen LogP contribution in [0.15, 0.2) is 0 Å². The third-order valence-corrected chi connectivity index (χ3v) is 2.82. The summed E-state index contributed by atoms with van der Waals surface area (Å²) in [5.74, 6) is 0. The van der Waals surface area contributed by atoms with Gasteiger partial charge in [0.15, 0.2) is 0 Å².